The highest BCUT2D eigenvalue weighted by molar-refractivity contribution is 7.13. The molecule has 3 aromatic rings. The van der Waals surface area contributed by atoms with Crippen molar-refractivity contribution in [2.24, 2.45) is 0 Å². The molecule has 4 nitrogen and oxygen atoms in total. The Balaban J connectivity index is 1.57. The van der Waals surface area contributed by atoms with Gasteiger partial charge in [-0.25, -0.2) is 9.37 Å². The standard InChI is InChI=1S/C18H15ClFN3OS/c19-13-4-3-11(8-14(13)20)9-23-6-5-15-12(10-23)18(24)22-17(21-15)16-2-1-7-25-16/h1-4,7-8H,5-6,9-10H2,(H,21,22,24). The summed E-state index contributed by atoms with van der Waals surface area (Å²) in [6.45, 7) is 1.85. The van der Waals surface area contributed by atoms with Crippen LogP contribution in [0, 0.1) is 5.82 Å². The first-order valence-electron chi connectivity index (χ1n) is 7.92. The number of fused-ring (bicyclic) bond motifs is 1. The summed E-state index contributed by atoms with van der Waals surface area (Å²) < 4.78 is 13.6. The first-order valence-corrected chi connectivity index (χ1v) is 9.18. The molecule has 2 aromatic heterocycles. The molecule has 0 saturated heterocycles. The minimum Gasteiger partial charge on any atom is -0.306 e. The zero-order valence-electron chi connectivity index (χ0n) is 13.3. The van der Waals surface area contributed by atoms with Gasteiger partial charge in [-0.05, 0) is 29.1 Å². The smallest absolute Gasteiger partial charge is 0.255 e. The normalized spacial score (nSPS) is 14.5. The van der Waals surface area contributed by atoms with Gasteiger partial charge < -0.3 is 4.98 Å². The molecular weight excluding hydrogens is 361 g/mol. The summed E-state index contributed by atoms with van der Waals surface area (Å²) in [6, 6.07) is 8.70. The molecule has 1 aliphatic rings. The largest absolute Gasteiger partial charge is 0.306 e. The molecule has 7 heteroatoms. The molecule has 128 valence electrons. The fraction of sp³-hybridized carbons (Fsp3) is 0.222. The first kappa shape index (κ1) is 16.4. The van der Waals surface area contributed by atoms with Crippen molar-refractivity contribution in [1.82, 2.24) is 14.9 Å². The monoisotopic (exact) mass is 375 g/mol. The average molecular weight is 376 g/mol. The van der Waals surface area contributed by atoms with E-state index in [2.05, 4.69) is 14.9 Å². The second kappa shape index (κ2) is 6.71. The van der Waals surface area contributed by atoms with Crippen molar-refractivity contribution in [2.75, 3.05) is 6.54 Å². The van der Waals surface area contributed by atoms with Crippen molar-refractivity contribution in [1.29, 1.82) is 0 Å². The van der Waals surface area contributed by atoms with Crippen LogP contribution in [0.15, 0.2) is 40.5 Å². The van der Waals surface area contributed by atoms with Gasteiger partial charge in [0.05, 0.1) is 21.2 Å². The van der Waals surface area contributed by atoms with E-state index in [0.717, 1.165) is 22.7 Å². The van der Waals surface area contributed by atoms with Crippen LogP contribution in [0.4, 0.5) is 4.39 Å². The Morgan fingerprint density at radius 2 is 2.24 bits per heavy atom. The Morgan fingerprint density at radius 1 is 1.36 bits per heavy atom. The lowest BCUT2D eigenvalue weighted by atomic mass is 10.1. The van der Waals surface area contributed by atoms with Crippen molar-refractivity contribution in [3.8, 4) is 10.7 Å². The average Bonchev–Trinajstić information content (AvgIpc) is 3.13. The van der Waals surface area contributed by atoms with Gasteiger partial charge >= 0.3 is 0 Å². The zero-order chi connectivity index (χ0) is 17.4. The minimum absolute atomic E-state index is 0.0969. The molecule has 4 rings (SSSR count). The maximum Gasteiger partial charge on any atom is 0.255 e. The molecule has 0 unspecified atom stereocenters. The third kappa shape index (κ3) is 3.38. The van der Waals surface area contributed by atoms with Gasteiger partial charge in [0, 0.05) is 26.1 Å². The predicted octanol–water partition coefficient (Wildman–Crippen LogP) is 3.85. The van der Waals surface area contributed by atoms with Crippen molar-refractivity contribution < 1.29 is 4.39 Å². The van der Waals surface area contributed by atoms with Gasteiger partial charge in [0.2, 0.25) is 0 Å². The topological polar surface area (TPSA) is 49.0 Å². The summed E-state index contributed by atoms with van der Waals surface area (Å²) >= 11 is 7.28. The number of nitrogens with zero attached hydrogens (tertiary/aromatic N) is 2. The summed E-state index contributed by atoms with van der Waals surface area (Å²) in [4.78, 5) is 23.1. The fourth-order valence-electron chi connectivity index (χ4n) is 3.04. The summed E-state index contributed by atoms with van der Waals surface area (Å²) in [5.41, 5.74) is 2.29. The second-order valence-electron chi connectivity index (χ2n) is 6.03. The number of thiophene rings is 1. The van der Waals surface area contributed by atoms with Crippen LogP contribution >= 0.6 is 22.9 Å². The number of halogens is 2. The second-order valence-corrected chi connectivity index (χ2v) is 7.38. The van der Waals surface area contributed by atoms with Gasteiger partial charge in [-0.15, -0.1) is 11.3 Å². The maximum atomic E-state index is 13.6. The van der Waals surface area contributed by atoms with Crippen LogP contribution in [-0.2, 0) is 19.5 Å². The minimum atomic E-state index is -0.420. The van der Waals surface area contributed by atoms with E-state index in [1.807, 2.05) is 23.6 Å². The molecule has 0 saturated carbocycles. The van der Waals surface area contributed by atoms with E-state index in [0.29, 0.717) is 30.9 Å². The molecule has 0 atom stereocenters. The van der Waals surface area contributed by atoms with Gasteiger partial charge in [0.15, 0.2) is 5.82 Å². The van der Waals surface area contributed by atoms with Gasteiger partial charge in [-0.2, -0.15) is 0 Å². The Labute approximate surface area is 152 Å². The molecule has 1 aliphatic heterocycles. The third-order valence-corrected chi connectivity index (χ3v) is 5.48. The number of rotatable bonds is 3. The molecule has 0 spiro atoms. The van der Waals surface area contributed by atoms with E-state index < -0.39 is 5.82 Å². The van der Waals surface area contributed by atoms with Gasteiger partial charge in [0.25, 0.3) is 5.56 Å². The number of nitrogens with one attached hydrogen (secondary N) is 1. The Bertz CT molecular complexity index is 971. The molecule has 0 bridgehead atoms. The van der Waals surface area contributed by atoms with Crippen molar-refractivity contribution in [3.63, 3.8) is 0 Å². The number of hydrogen-bond donors (Lipinski definition) is 1. The number of aromatic amines is 1. The van der Waals surface area contributed by atoms with Crippen LogP contribution < -0.4 is 5.56 Å². The van der Waals surface area contributed by atoms with Crippen LogP contribution in [0.1, 0.15) is 16.8 Å². The van der Waals surface area contributed by atoms with Crippen molar-refractivity contribution in [3.05, 3.63) is 73.7 Å². The predicted molar refractivity (Wildman–Crippen MR) is 97.4 cm³/mol. The van der Waals surface area contributed by atoms with Crippen LogP contribution in [0.3, 0.4) is 0 Å². The van der Waals surface area contributed by atoms with Gasteiger partial charge in [-0.1, -0.05) is 23.7 Å². The third-order valence-electron chi connectivity index (χ3n) is 4.29. The quantitative estimate of drug-likeness (QED) is 0.756. The van der Waals surface area contributed by atoms with Crippen LogP contribution in [0.2, 0.25) is 5.02 Å². The van der Waals surface area contributed by atoms with E-state index >= 15 is 0 Å². The zero-order valence-corrected chi connectivity index (χ0v) is 14.8. The van der Waals surface area contributed by atoms with Crippen molar-refractivity contribution >= 4 is 22.9 Å². The fourth-order valence-corrected chi connectivity index (χ4v) is 3.83. The lowest BCUT2D eigenvalue weighted by Crippen LogP contribution is -2.35. The SMILES string of the molecule is O=c1[nH]c(-c2cccs2)nc2c1CN(Cc1ccc(Cl)c(F)c1)CC2. The van der Waals surface area contributed by atoms with Gasteiger partial charge in [0.1, 0.15) is 5.82 Å². The molecular formula is C18H15ClFN3OS. The summed E-state index contributed by atoms with van der Waals surface area (Å²) in [5.74, 6) is 0.212. The summed E-state index contributed by atoms with van der Waals surface area (Å²) in [6.07, 6.45) is 0.702. The Morgan fingerprint density at radius 3 is 3.00 bits per heavy atom. The molecule has 3 heterocycles. The molecule has 0 aliphatic carbocycles. The lowest BCUT2D eigenvalue weighted by molar-refractivity contribution is 0.241. The highest BCUT2D eigenvalue weighted by Gasteiger charge is 2.22. The summed E-state index contributed by atoms with van der Waals surface area (Å²) in [7, 11) is 0. The Kier molecular flexibility index (Phi) is 4.41. The molecule has 1 aromatic carbocycles. The molecule has 0 amide bonds. The number of H-pyrrole nitrogens is 1. The van der Waals surface area contributed by atoms with Crippen LogP contribution in [-0.4, -0.2) is 21.4 Å². The first-order chi connectivity index (χ1) is 12.1. The molecule has 0 fully saturated rings. The number of hydrogen-bond acceptors (Lipinski definition) is 4. The highest BCUT2D eigenvalue weighted by atomic mass is 35.5. The van der Waals surface area contributed by atoms with E-state index in [-0.39, 0.29) is 10.6 Å². The summed E-state index contributed by atoms with van der Waals surface area (Å²) in [5, 5.41) is 2.08. The molecule has 0 radical (unpaired) electrons. The molecule has 1 N–H and O–H groups in total. The van der Waals surface area contributed by atoms with Crippen LogP contribution in [0.25, 0.3) is 10.7 Å². The number of aromatic nitrogens is 2. The molecule has 25 heavy (non-hydrogen) atoms. The lowest BCUT2D eigenvalue weighted by Gasteiger charge is -2.27. The van der Waals surface area contributed by atoms with Crippen LogP contribution in [0.5, 0.6) is 0 Å². The van der Waals surface area contributed by atoms with E-state index in [9.17, 15) is 9.18 Å². The van der Waals surface area contributed by atoms with Gasteiger partial charge in [-0.3, -0.25) is 9.69 Å². The highest BCUT2D eigenvalue weighted by Crippen LogP contribution is 2.23. The van der Waals surface area contributed by atoms with E-state index in [1.54, 1.807) is 17.4 Å². The number of benzene rings is 1. The Hall–Kier alpha value is -2.02. The van der Waals surface area contributed by atoms with Crippen molar-refractivity contribution in [2.45, 2.75) is 19.5 Å². The van der Waals surface area contributed by atoms with E-state index in [4.69, 9.17) is 11.6 Å². The maximum absolute atomic E-state index is 13.6. The van der Waals surface area contributed by atoms with E-state index in [1.165, 1.54) is 6.07 Å².